The van der Waals surface area contributed by atoms with Crippen LogP contribution in [0, 0.1) is 0 Å². The molecule has 0 saturated heterocycles. The Morgan fingerprint density at radius 2 is 1.80 bits per heavy atom. The van der Waals surface area contributed by atoms with Gasteiger partial charge in [-0.1, -0.05) is 18.2 Å². The summed E-state index contributed by atoms with van der Waals surface area (Å²) in [7, 11) is 1.62. The molecule has 2 heterocycles. The molecule has 2 aliphatic heterocycles. The highest BCUT2D eigenvalue weighted by molar-refractivity contribution is 6.11. The number of allylic oxidation sites excluding steroid dienone is 1. The number of carbonyl (C=O) groups is 2. The van der Waals surface area contributed by atoms with Crippen molar-refractivity contribution in [3.8, 4) is 17.2 Å². The van der Waals surface area contributed by atoms with E-state index >= 15 is 0 Å². The number of ether oxygens (including phenoxy) is 3. The Morgan fingerprint density at radius 1 is 1.00 bits per heavy atom. The van der Waals surface area contributed by atoms with Crippen molar-refractivity contribution in [3.05, 3.63) is 89.0 Å². The highest BCUT2D eigenvalue weighted by Crippen LogP contribution is 2.35. The van der Waals surface area contributed by atoms with E-state index in [-0.39, 0.29) is 24.0 Å². The molecule has 178 valence electrons. The fourth-order valence-corrected chi connectivity index (χ4v) is 4.36. The minimum Gasteiger partial charge on any atom is -0.497 e. The summed E-state index contributed by atoms with van der Waals surface area (Å²) in [6.07, 6.45) is 2.42. The first kappa shape index (κ1) is 22.5. The van der Waals surface area contributed by atoms with Crippen molar-refractivity contribution in [2.24, 2.45) is 0 Å². The zero-order valence-electron chi connectivity index (χ0n) is 19.8. The molecule has 0 radical (unpaired) electrons. The second-order valence-electron chi connectivity index (χ2n) is 9.23. The molecule has 0 unspecified atom stereocenters. The van der Waals surface area contributed by atoms with Crippen LogP contribution in [0.25, 0.3) is 5.70 Å². The average molecular weight is 471 g/mol. The molecule has 0 aromatic heterocycles. The molecule has 7 heteroatoms. The summed E-state index contributed by atoms with van der Waals surface area (Å²) in [5.74, 6) is 1.43. The Labute approximate surface area is 203 Å². The summed E-state index contributed by atoms with van der Waals surface area (Å²) in [4.78, 5) is 26.1. The van der Waals surface area contributed by atoms with Crippen LogP contribution < -0.4 is 24.8 Å². The number of hydrogen-bond acceptors (Lipinski definition) is 6. The van der Waals surface area contributed by atoms with E-state index in [1.807, 2.05) is 18.2 Å². The van der Waals surface area contributed by atoms with E-state index in [0.29, 0.717) is 28.3 Å². The highest BCUT2D eigenvalue weighted by atomic mass is 16.7. The Morgan fingerprint density at radius 3 is 2.63 bits per heavy atom. The molecular formula is C28H26N2O5. The molecule has 5 rings (SSSR count). The molecular weight excluding hydrogens is 444 g/mol. The fraction of sp³-hybridized carbons (Fsp3) is 0.214. The molecule has 0 bridgehead atoms. The first-order valence-corrected chi connectivity index (χ1v) is 11.3. The number of carbonyl (C=O) groups excluding carboxylic acids is 2. The smallest absolute Gasteiger partial charge is 0.255 e. The van der Waals surface area contributed by atoms with Gasteiger partial charge in [-0.15, -0.1) is 0 Å². The van der Waals surface area contributed by atoms with E-state index in [0.717, 1.165) is 29.0 Å². The van der Waals surface area contributed by atoms with E-state index in [9.17, 15) is 9.59 Å². The van der Waals surface area contributed by atoms with E-state index < -0.39 is 0 Å². The Balaban J connectivity index is 1.39. The summed E-state index contributed by atoms with van der Waals surface area (Å²) in [6.45, 7) is 4.36. The average Bonchev–Trinajstić information content (AvgIpc) is 3.31. The van der Waals surface area contributed by atoms with Gasteiger partial charge in [-0.25, -0.2) is 0 Å². The Hall–Kier alpha value is -4.26. The summed E-state index contributed by atoms with van der Waals surface area (Å²) < 4.78 is 16.1. The van der Waals surface area contributed by atoms with Crippen molar-refractivity contribution in [1.82, 2.24) is 5.32 Å². The third kappa shape index (κ3) is 4.71. The largest absolute Gasteiger partial charge is 0.497 e. The van der Waals surface area contributed by atoms with Crippen LogP contribution in [-0.4, -0.2) is 31.1 Å². The van der Waals surface area contributed by atoms with Crippen LogP contribution in [0.4, 0.5) is 5.69 Å². The topological polar surface area (TPSA) is 85.9 Å². The van der Waals surface area contributed by atoms with E-state index in [4.69, 9.17) is 14.2 Å². The van der Waals surface area contributed by atoms with Crippen LogP contribution in [0.1, 0.15) is 45.7 Å². The van der Waals surface area contributed by atoms with Gasteiger partial charge < -0.3 is 24.8 Å². The van der Waals surface area contributed by atoms with Gasteiger partial charge in [-0.3, -0.25) is 9.59 Å². The molecule has 3 aromatic rings. The van der Waals surface area contributed by atoms with Gasteiger partial charge >= 0.3 is 0 Å². The van der Waals surface area contributed by atoms with Crippen molar-refractivity contribution >= 4 is 23.1 Å². The lowest BCUT2D eigenvalue weighted by molar-refractivity contribution is 0.102. The number of ketones is 1. The van der Waals surface area contributed by atoms with Crippen LogP contribution in [0.5, 0.6) is 17.2 Å². The molecule has 35 heavy (non-hydrogen) atoms. The summed E-state index contributed by atoms with van der Waals surface area (Å²) in [5.41, 5.74) is 3.99. The van der Waals surface area contributed by atoms with Gasteiger partial charge in [0.25, 0.3) is 5.91 Å². The molecule has 1 amide bonds. The van der Waals surface area contributed by atoms with E-state index in [2.05, 4.69) is 24.5 Å². The van der Waals surface area contributed by atoms with Crippen LogP contribution in [0.2, 0.25) is 0 Å². The van der Waals surface area contributed by atoms with Gasteiger partial charge in [0.05, 0.1) is 7.11 Å². The molecule has 0 saturated carbocycles. The number of methoxy groups -OCH3 is 1. The van der Waals surface area contributed by atoms with Crippen LogP contribution >= 0.6 is 0 Å². The SMILES string of the molecule is COc1ccc2c(c1)/C(=C/C(=O)c1cccc(C(=O)Nc3ccc4c(c3)OCO4)c1)NC(C)(C)C2. The van der Waals surface area contributed by atoms with Crippen molar-refractivity contribution < 1.29 is 23.8 Å². The van der Waals surface area contributed by atoms with Gasteiger partial charge in [0.2, 0.25) is 6.79 Å². The van der Waals surface area contributed by atoms with Gasteiger partial charge in [-0.05, 0) is 62.2 Å². The number of anilines is 1. The minimum absolute atomic E-state index is 0.162. The molecule has 2 N–H and O–H groups in total. The predicted molar refractivity (Wildman–Crippen MR) is 133 cm³/mol. The van der Waals surface area contributed by atoms with Gasteiger partial charge in [0.15, 0.2) is 17.3 Å². The zero-order chi connectivity index (χ0) is 24.6. The van der Waals surface area contributed by atoms with Crippen molar-refractivity contribution in [2.75, 3.05) is 19.2 Å². The van der Waals surface area contributed by atoms with Crippen LogP contribution in [-0.2, 0) is 6.42 Å². The second kappa shape index (κ2) is 8.83. The normalized spacial score (nSPS) is 16.3. The van der Waals surface area contributed by atoms with Crippen molar-refractivity contribution in [3.63, 3.8) is 0 Å². The fourth-order valence-electron chi connectivity index (χ4n) is 4.36. The van der Waals surface area contributed by atoms with E-state index in [1.165, 1.54) is 0 Å². The second-order valence-corrected chi connectivity index (χ2v) is 9.23. The van der Waals surface area contributed by atoms with Crippen LogP contribution in [0.3, 0.4) is 0 Å². The first-order valence-electron chi connectivity index (χ1n) is 11.3. The van der Waals surface area contributed by atoms with Crippen molar-refractivity contribution in [1.29, 1.82) is 0 Å². The maximum atomic E-state index is 13.2. The Kier molecular flexibility index (Phi) is 5.68. The third-order valence-corrected chi connectivity index (χ3v) is 6.03. The maximum Gasteiger partial charge on any atom is 0.255 e. The molecule has 3 aromatic carbocycles. The molecule has 0 fully saturated rings. The number of benzene rings is 3. The molecule has 7 nitrogen and oxygen atoms in total. The number of nitrogens with one attached hydrogen (secondary N) is 2. The van der Waals surface area contributed by atoms with E-state index in [1.54, 1.807) is 55.7 Å². The molecule has 2 aliphatic rings. The predicted octanol–water partition coefficient (Wildman–Crippen LogP) is 4.82. The lowest BCUT2D eigenvalue weighted by Gasteiger charge is -2.35. The number of hydrogen-bond donors (Lipinski definition) is 2. The van der Waals surface area contributed by atoms with Gasteiger partial charge in [0, 0.05) is 45.8 Å². The summed E-state index contributed by atoms with van der Waals surface area (Å²) >= 11 is 0. The number of fused-ring (bicyclic) bond motifs is 2. The Bertz CT molecular complexity index is 1360. The van der Waals surface area contributed by atoms with Gasteiger partial charge in [-0.2, -0.15) is 0 Å². The van der Waals surface area contributed by atoms with Crippen molar-refractivity contribution in [2.45, 2.75) is 25.8 Å². The highest BCUT2D eigenvalue weighted by Gasteiger charge is 2.28. The molecule has 0 atom stereocenters. The molecule has 0 spiro atoms. The standard InChI is InChI=1S/C28H26N2O5/c1-28(2)15-19-7-9-21(33-3)13-22(19)23(30-28)14-24(31)17-5-4-6-18(11-17)27(32)29-20-8-10-25-26(12-20)35-16-34-25/h4-14,30H,15-16H2,1-3H3,(H,29,32)/b23-14-. The monoisotopic (exact) mass is 470 g/mol. The minimum atomic E-state index is -0.321. The number of rotatable bonds is 5. The lowest BCUT2D eigenvalue weighted by Crippen LogP contribution is -2.43. The lowest BCUT2D eigenvalue weighted by atomic mass is 9.85. The summed E-state index contributed by atoms with van der Waals surface area (Å²) in [6, 6.07) is 17.8. The maximum absolute atomic E-state index is 13.2. The quantitative estimate of drug-likeness (QED) is 0.411. The molecule has 0 aliphatic carbocycles. The first-order chi connectivity index (χ1) is 16.8. The van der Waals surface area contributed by atoms with Crippen LogP contribution in [0.15, 0.2) is 66.7 Å². The third-order valence-electron chi connectivity index (χ3n) is 6.03. The zero-order valence-corrected chi connectivity index (χ0v) is 19.8. The van der Waals surface area contributed by atoms with Gasteiger partial charge in [0.1, 0.15) is 5.75 Å². The summed E-state index contributed by atoms with van der Waals surface area (Å²) in [5, 5.41) is 6.32. The number of amides is 1.